The van der Waals surface area contributed by atoms with Crippen molar-refractivity contribution in [3.63, 3.8) is 0 Å². The molecule has 0 aliphatic carbocycles. The molecule has 0 fully saturated rings. The standard InChI is InChI=1S/C13H7ClFN3O/c14-9-2-4-11(10(15)5-9)18-13(19)12-3-1-8(6-16)7-17-12/h1-5,7H,(H,18,19). The zero-order valence-corrected chi connectivity index (χ0v) is 10.3. The molecule has 0 radical (unpaired) electrons. The van der Waals surface area contributed by atoms with Crippen molar-refractivity contribution >= 4 is 23.2 Å². The van der Waals surface area contributed by atoms with Crippen molar-refractivity contribution in [1.29, 1.82) is 5.26 Å². The van der Waals surface area contributed by atoms with E-state index in [1.165, 1.54) is 30.5 Å². The highest BCUT2D eigenvalue weighted by Gasteiger charge is 2.10. The van der Waals surface area contributed by atoms with Crippen molar-refractivity contribution in [3.8, 4) is 6.07 Å². The molecule has 0 spiro atoms. The number of hydrogen-bond donors (Lipinski definition) is 1. The van der Waals surface area contributed by atoms with Gasteiger partial charge in [0.2, 0.25) is 0 Å². The number of nitriles is 1. The topological polar surface area (TPSA) is 65.8 Å². The van der Waals surface area contributed by atoms with Crippen LogP contribution in [0.1, 0.15) is 16.1 Å². The Bertz CT molecular complexity index is 665. The van der Waals surface area contributed by atoms with E-state index in [2.05, 4.69) is 10.3 Å². The van der Waals surface area contributed by atoms with E-state index in [1.54, 1.807) is 0 Å². The number of hydrogen-bond acceptors (Lipinski definition) is 3. The molecule has 1 heterocycles. The number of halogens is 2. The molecule has 1 aromatic carbocycles. The number of pyridine rings is 1. The highest BCUT2D eigenvalue weighted by molar-refractivity contribution is 6.30. The van der Waals surface area contributed by atoms with Gasteiger partial charge in [-0.15, -0.1) is 0 Å². The minimum Gasteiger partial charge on any atom is -0.318 e. The van der Waals surface area contributed by atoms with Gasteiger partial charge in [0, 0.05) is 11.2 Å². The van der Waals surface area contributed by atoms with E-state index in [-0.39, 0.29) is 16.4 Å². The van der Waals surface area contributed by atoms with Crippen LogP contribution in [0.5, 0.6) is 0 Å². The lowest BCUT2D eigenvalue weighted by Gasteiger charge is -2.06. The molecule has 2 aromatic rings. The SMILES string of the molecule is N#Cc1ccc(C(=O)Nc2ccc(Cl)cc2F)nc1. The molecule has 0 aliphatic heterocycles. The van der Waals surface area contributed by atoms with E-state index in [0.717, 1.165) is 6.07 Å². The van der Waals surface area contributed by atoms with Gasteiger partial charge >= 0.3 is 0 Å². The number of carbonyl (C=O) groups excluding carboxylic acids is 1. The summed E-state index contributed by atoms with van der Waals surface area (Å²) in [6.07, 6.45) is 1.27. The molecule has 0 saturated carbocycles. The van der Waals surface area contributed by atoms with E-state index in [4.69, 9.17) is 16.9 Å². The smallest absolute Gasteiger partial charge is 0.274 e. The third-order valence-corrected chi connectivity index (χ3v) is 2.54. The summed E-state index contributed by atoms with van der Waals surface area (Å²) in [6.45, 7) is 0. The fourth-order valence-electron chi connectivity index (χ4n) is 1.37. The van der Waals surface area contributed by atoms with Gasteiger partial charge in [0.1, 0.15) is 17.6 Å². The minimum atomic E-state index is -0.630. The Morgan fingerprint density at radius 3 is 2.74 bits per heavy atom. The van der Waals surface area contributed by atoms with Crippen LogP contribution >= 0.6 is 11.6 Å². The van der Waals surface area contributed by atoms with E-state index < -0.39 is 11.7 Å². The second kappa shape index (κ2) is 5.46. The predicted octanol–water partition coefficient (Wildman–Crippen LogP) is 3.00. The first kappa shape index (κ1) is 13.0. The first-order chi connectivity index (χ1) is 9.10. The van der Waals surface area contributed by atoms with Crippen LogP contribution in [0.4, 0.5) is 10.1 Å². The molecule has 0 unspecified atom stereocenters. The lowest BCUT2D eigenvalue weighted by molar-refractivity contribution is 0.102. The fourth-order valence-corrected chi connectivity index (χ4v) is 1.53. The Labute approximate surface area is 113 Å². The Morgan fingerprint density at radius 2 is 2.16 bits per heavy atom. The third-order valence-electron chi connectivity index (χ3n) is 2.30. The summed E-state index contributed by atoms with van der Waals surface area (Å²) in [7, 11) is 0. The van der Waals surface area contributed by atoms with Crippen LogP contribution in [0, 0.1) is 17.1 Å². The van der Waals surface area contributed by atoms with Gasteiger partial charge in [-0.25, -0.2) is 9.37 Å². The van der Waals surface area contributed by atoms with Crippen molar-refractivity contribution < 1.29 is 9.18 Å². The van der Waals surface area contributed by atoms with Crippen LogP contribution < -0.4 is 5.32 Å². The molecule has 4 nitrogen and oxygen atoms in total. The van der Waals surface area contributed by atoms with Crippen LogP contribution in [-0.4, -0.2) is 10.9 Å². The molecule has 6 heteroatoms. The highest BCUT2D eigenvalue weighted by Crippen LogP contribution is 2.19. The van der Waals surface area contributed by atoms with E-state index >= 15 is 0 Å². The maximum atomic E-state index is 13.5. The van der Waals surface area contributed by atoms with Gasteiger partial charge in [-0.05, 0) is 30.3 Å². The molecule has 2 rings (SSSR count). The minimum absolute atomic E-state index is 0.0144. The van der Waals surface area contributed by atoms with Crippen LogP contribution in [0.3, 0.4) is 0 Å². The molecule has 1 N–H and O–H groups in total. The molecule has 94 valence electrons. The number of nitrogens with one attached hydrogen (secondary N) is 1. The predicted molar refractivity (Wildman–Crippen MR) is 68.3 cm³/mol. The number of carbonyl (C=O) groups is 1. The van der Waals surface area contributed by atoms with Gasteiger partial charge < -0.3 is 5.32 Å². The maximum Gasteiger partial charge on any atom is 0.274 e. The zero-order chi connectivity index (χ0) is 13.8. The van der Waals surface area contributed by atoms with Crippen LogP contribution in [-0.2, 0) is 0 Å². The number of benzene rings is 1. The molecule has 0 saturated heterocycles. The summed E-state index contributed by atoms with van der Waals surface area (Å²) in [5.41, 5.74) is 0.447. The Kier molecular flexibility index (Phi) is 3.74. The molecule has 0 aliphatic rings. The molecule has 0 bridgehead atoms. The van der Waals surface area contributed by atoms with Gasteiger partial charge in [0.25, 0.3) is 5.91 Å². The summed E-state index contributed by atoms with van der Waals surface area (Å²) >= 11 is 5.61. The average Bonchev–Trinajstić information content (AvgIpc) is 2.42. The van der Waals surface area contributed by atoms with E-state index in [9.17, 15) is 9.18 Å². The van der Waals surface area contributed by atoms with Gasteiger partial charge in [-0.1, -0.05) is 11.6 Å². The zero-order valence-electron chi connectivity index (χ0n) is 9.52. The number of anilines is 1. The number of rotatable bonds is 2. The highest BCUT2D eigenvalue weighted by atomic mass is 35.5. The van der Waals surface area contributed by atoms with Gasteiger partial charge in [0.05, 0.1) is 11.3 Å². The normalized spacial score (nSPS) is 9.74. The summed E-state index contributed by atoms with van der Waals surface area (Å²) < 4.78 is 13.5. The molecular weight excluding hydrogens is 269 g/mol. The van der Waals surface area contributed by atoms with Crippen LogP contribution in [0.15, 0.2) is 36.5 Å². The molecular formula is C13H7ClFN3O. The quantitative estimate of drug-likeness (QED) is 0.916. The van der Waals surface area contributed by atoms with E-state index in [0.29, 0.717) is 5.56 Å². The van der Waals surface area contributed by atoms with Gasteiger partial charge in [-0.2, -0.15) is 5.26 Å². The van der Waals surface area contributed by atoms with Crippen molar-refractivity contribution in [2.75, 3.05) is 5.32 Å². The summed E-state index contributed by atoms with van der Waals surface area (Å²) in [5.74, 6) is -1.19. The summed E-state index contributed by atoms with van der Waals surface area (Å²) in [4.78, 5) is 15.6. The maximum absolute atomic E-state index is 13.5. The fraction of sp³-hybridized carbons (Fsp3) is 0. The molecule has 1 amide bonds. The summed E-state index contributed by atoms with van der Waals surface area (Å²) in [5, 5.41) is 11.2. The number of amides is 1. The van der Waals surface area contributed by atoms with Crippen LogP contribution in [0.25, 0.3) is 0 Å². The Hall–Kier alpha value is -2.45. The molecule has 1 aromatic heterocycles. The van der Waals surface area contributed by atoms with Crippen LogP contribution in [0.2, 0.25) is 5.02 Å². The number of nitrogens with zero attached hydrogens (tertiary/aromatic N) is 2. The molecule has 19 heavy (non-hydrogen) atoms. The van der Waals surface area contributed by atoms with Crippen molar-refractivity contribution in [1.82, 2.24) is 4.98 Å². The Morgan fingerprint density at radius 1 is 1.37 bits per heavy atom. The second-order valence-corrected chi connectivity index (χ2v) is 4.06. The molecule has 0 atom stereocenters. The Balaban J connectivity index is 2.18. The summed E-state index contributed by atoms with van der Waals surface area (Å²) in [6, 6.07) is 8.66. The van der Waals surface area contributed by atoms with Crippen molar-refractivity contribution in [2.45, 2.75) is 0 Å². The first-order valence-electron chi connectivity index (χ1n) is 5.22. The van der Waals surface area contributed by atoms with Crippen molar-refractivity contribution in [2.24, 2.45) is 0 Å². The average molecular weight is 276 g/mol. The lowest BCUT2D eigenvalue weighted by atomic mass is 10.2. The van der Waals surface area contributed by atoms with E-state index in [1.807, 2.05) is 6.07 Å². The van der Waals surface area contributed by atoms with Gasteiger partial charge in [-0.3, -0.25) is 4.79 Å². The van der Waals surface area contributed by atoms with Gasteiger partial charge in [0.15, 0.2) is 0 Å². The third kappa shape index (κ3) is 3.06. The largest absolute Gasteiger partial charge is 0.318 e. The monoisotopic (exact) mass is 275 g/mol. The second-order valence-electron chi connectivity index (χ2n) is 3.62. The lowest BCUT2D eigenvalue weighted by Crippen LogP contribution is -2.14. The first-order valence-corrected chi connectivity index (χ1v) is 5.60. The number of aromatic nitrogens is 1. The van der Waals surface area contributed by atoms with Crippen molar-refractivity contribution in [3.05, 3.63) is 58.6 Å².